The van der Waals surface area contributed by atoms with E-state index in [2.05, 4.69) is 41.8 Å². The van der Waals surface area contributed by atoms with Crippen LogP contribution in [0.2, 0.25) is 0 Å². The molecule has 17 heavy (non-hydrogen) atoms. The van der Waals surface area contributed by atoms with E-state index < -0.39 is 0 Å². The molecule has 0 aliphatic carbocycles. The average Bonchev–Trinajstić information content (AvgIpc) is 2.75. The van der Waals surface area contributed by atoms with Crippen LogP contribution in [0, 0.1) is 0 Å². The van der Waals surface area contributed by atoms with Crippen LogP contribution in [0.4, 0.5) is 11.8 Å². The first-order chi connectivity index (χ1) is 8.13. The van der Waals surface area contributed by atoms with Crippen LogP contribution in [-0.4, -0.2) is 23.1 Å². The maximum absolute atomic E-state index is 5.75. The highest BCUT2D eigenvalue weighted by Crippen LogP contribution is 2.29. The maximum Gasteiger partial charge on any atom is 0.223 e. The quantitative estimate of drug-likeness (QED) is 0.906. The van der Waals surface area contributed by atoms with Crippen molar-refractivity contribution >= 4 is 33.3 Å². The van der Waals surface area contributed by atoms with Crippen molar-refractivity contribution < 1.29 is 0 Å². The van der Waals surface area contributed by atoms with E-state index in [1.807, 2.05) is 5.38 Å². The number of hydrogen-bond donors (Lipinski definition) is 1. The van der Waals surface area contributed by atoms with Gasteiger partial charge in [-0.25, -0.2) is 4.98 Å². The zero-order valence-electron chi connectivity index (χ0n) is 10.5. The second-order valence-corrected chi connectivity index (χ2v) is 5.19. The zero-order valence-corrected chi connectivity index (χ0v) is 11.3. The van der Waals surface area contributed by atoms with E-state index in [1.165, 1.54) is 6.42 Å². The molecule has 0 aliphatic rings. The fraction of sp³-hybridized carbons (Fsp3) is 0.500. The van der Waals surface area contributed by atoms with E-state index in [4.69, 9.17) is 5.73 Å². The zero-order chi connectivity index (χ0) is 12.4. The van der Waals surface area contributed by atoms with Gasteiger partial charge >= 0.3 is 0 Å². The van der Waals surface area contributed by atoms with Gasteiger partial charge in [0.1, 0.15) is 10.6 Å². The normalized spacial score (nSPS) is 12.9. The molecule has 2 rings (SSSR count). The highest BCUT2D eigenvalue weighted by molar-refractivity contribution is 7.16. The van der Waals surface area contributed by atoms with Gasteiger partial charge in [0.15, 0.2) is 0 Å². The Kier molecular flexibility index (Phi) is 3.47. The van der Waals surface area contributed by atoms with E-state index >= 15 is 0 Å². The molecule has 2 aromatic heterocycles. The summed E-state index contributed by atoms with van der Waals surface area (Å²) in [6.45, 7) is 4.40. The predicted molar refractivity (Wildman–Crippen MR) is 74.6 cm³/mol. The monoisotopic (exact) mass is 250 g/mol. The highest BCUT2D eigenvalue weighted by Gasteiger charge is 2.15. The molecule has 0 spiro atoms. The predicted octanol–water partition coefficient (Wildman–Crippen LogP) is 2.90. The number of anilines is 2. The number of aromatic nitrogens is 2. The molecule has 0 aromatic carbocycles. The van der Waals surface area contributed by atoms with Gasteiger partial charge in [0.2, 0.25) is 5.95 Å². The van der Waals surface area contributed by atoms with Crippen molar-refractivity contribution in [1.82, 2.24) is 9.97 Å². The molecule has 2 N–H and O–H groups in total. The van der Waals surface area contributed by atoms with Crippen molar-refractivity contribution in [2.75, 3.05) is 17.7 Å². The lowest BCUT2D eigenvalue weighted by atomic mass is 10.1. The Labute approximate surface area is 105 Å². The molecular weight excluding hydrogens is 232 g/mol. The van der Waals surface area contributed by atoms with Crippen molar-refractivity contribution in [3.05, 3.63) is 11.4 Å². The molecule has 0 saturated heterocycles. The lowest BCUT2D eigenvalue weighted by Crippen LogP contribution is -2.29. The summed E-state index contributed by atoms with van der Waals surface area (Å²) in [7, 11) is 2.07. The van der Waals surface area contributed by atoms with Crippen LogP contribution in [0.3, 0.4) is 0 Å². The van der Waals surface area contributed by atoms with Crippen LogP contribution < -0.4 is 10.6 Å². The summed E-state index contributed by atoms with van der Waals surface area (Å²) >= 11 is 1.60. The first-order valence-electron chi connectivity index (χ1n) is 5.87. The Bertz CT molecular complexity index is 508. The topological polar surface area (TPSA) is 55.0 Å². The minimum atomic E-state index is 0.352. The summed E-state index contributed by atoms with van der Waals surface area (Å²) in [5, 5.41) is 3.12. The van der Waals surface area contributed by atoms with Crippen molar-refractivity contribution in [2.24, 2.45) is 0 Å². The third-order valence-corrected chi connectivity index (χ3v) is 3.83. The number of rotatable bonds is 4. The van der Waals surface area contributed by atoms with Gasteiger partial charge in [0.05, 0.1) is 5.39 Å². The molecule has 2 heterocycles. The SMILES string of the molecule is CCCC(C)N(C)c1nc(N)nc2sccc12. The first kappa shape index (κ1) is 12.1. The molecule has 5 heteroatoms. The minimum Gasteiger partial charge on any atom is -0.368 e. The lowest BCUT2D eigenvalue weighted by Gasteiger charge is -2.26. The Morgan fingerprint density at radius 1 is 1.47 bits per heavy atom. The average molecular weight is 250 g/mol. The number of nitrogens with two attached hydrogens (primary N) is 1. The van der Waals surface area contributed by atoms with Crippen LogP contribution >= 0.6 is 11.3 Å². The third-order valence-electron chi connectivity index (χ3n) is 3.02. The second-order valence-electron chi connectivity index (χ2n) is 4.29. The number of nitrogen functional groups attached to an aromatic ring is 1. The van der Waals surface area contributed by atoms with Gasteiger partial charge in [-0.2, -0.15) is 4.98 Å². The standard InChI is InChI=1S/C12H18N4S/c1-4-5-8(2)16(3)10-9-6-7-17-11(9)15-12(13)14-10/h6-8H,4-5H2,1-3H3,(H2,13,14,15). The number of thiophene rings is 1. The lowest BCUT2D eigenvalue weighted by molar-refractivity contribution is 0.613. The maximum atomic E-state index is 5.75. The third kappa shape index (κ3) is 2.34. The Hall–Kier alpha value is -1.36. The van der Waals surface area contributed by atoms with E-state index in [0.717, 1.165) is 22.5 Å². The van der Waals surface area contributed by atoms with Gasteiger partial charge in [-0.3, -0.25) is 0 Å². The summed E-state index contributed by atoms with van der Waals surface area (Å²) in [6, 6.07) is 2.52. The molecule has 1 unspecified atom stereocenters. The molecule has 0 saturated carbocycles. The molecule has 4 nitrogen and oxygen atoms in total. The smallest absolute Gasteiger partial charge is 0.223 e. The molecule has 2 aromatic rings. The molecule has 0 amide bonds. The van der Waals surface area contributed by atoms with Gasteiger partial charge in [-0.05, 0) is 24.8 Å². The van der Waals surface area contributed by atoms with Crippen LogP contribution in [0.25, 0.3) is 10.2 Å². The summed E-state index contributed by atoms with van der Waals surface area (Å²) in [5.41, 5.74) is 5.75. The van der Waals surface area contributed by atoms with E-state index in [9.17, 15) is 0 Å². The van der Waals surface area contributed by atoms with Gasteiger partial charge in [-0.1, -0.05) is 13.3 Å². The number of hydrogen-bond acceptors (Lipinski definition) is 5. The summed E-state index contributed by atoms with van der Waals surface area (Å²) < 4.78 is 0. The summed E-state index contributed by atoms with van der Waals surface area (Å²) in [4.78, 5) is 11.8. The Morgan fingerprint density at radius 2 is 2.24 bits per heavy atom. The van der Waals surface area contributed by atoms with Crippen molar-refractivity contribution in [1.29, 1.82) is 0 Å². The largest absolute Gasteiger partial charge is 0.368 e. The highest BCUT2D eigenvalue weighted by atomic mass is 32.1. The van der Waals surface area contributed by atoms with Crippen molar-refractivity contribution in [3.63, 3.8) is 0 Å². The van der Waals surface area contributed by atoms with Crippen LogP contribution in [-0.2, 0) is 0 Å². The summed E-state index contributed by atoms with van der Waals surface area (Å²) in [5.74, 6) is 1.29. The number of nitrogens with zero attached hydrogens (tertiary/aromatic N) is 3. The van der Waals surface area contributed by atoms with Gasteiger partial charge in [-0.15, -0.1) is 11.3 Å². The van der Waals surface area contributed by atoms with Crippen molar-refractivity contribution in [2.45, 2.75) is 32.7 Å². The van der Waals surface area contributed by atoms with Gasteiger partial charge < -0.3 is 10.6 Å². The fourth-order valence-corrected chi connectivity index (χ4v) is 2.71. The van der Waals surface area contributed by atoms with Gasteiger partial charge in [0, 0.05) is 13.1 Å². The van der Waals surface area contributed by atoms with Crippen molar-refractivity contribution in [3.8, 4) is 0 Å². The van der Waals surface area contributed by atoms with E-state index in [0.29, 0.717) is 12.0 Å². The Balaban J connectivity index is 2.43. The molecule has 92 valence electrons. The minimum absolute atomic E-state index is 0.352. The van der Waals surface area contributed by atoms with E-state index in [-0.39, 0.29) is 0 Å². The Morgan fingerprint density at radius 3 is 2.94 bits per heavy atom. The molecule has 0 bridgehead atoms. The summed E-state index contributed by atoms with van der Waals surface area (Å²) in [6.07, 6.45) is 2.31. The molecule has 0 fully saturated rings. The molecule has 1 atom stereocenters. The first-order valence-corrected chi connectivity index (χ1v) is 6.75. The van der Waals surface area contributed by atoms with E-state index in [1.54, 1.807) is 11.3 Å². The van der Waals surface area contributed by atoms with Crippen LogP contribution in [0.5, 0.6) is 0 Å². The number of fused-ring (bicyclic) bond motifs is 1. The molecule has 0 aliphatic heterocycles. The second kappa shape index (κ2) is 4.87. The molecule has 0 radical (unpaired) electrons. The van der Waals surface area contributed by atoms with Crippen LogP contribution in [0.15, 0.2) is 11.4 Å². The van der Waals surface area contributed by atoms with Gasteiger partial charge in [0.25, 0.3) is 0 Å². The van der Waals surface area contributed by atoms with Crippen LogP contribution in [0.1, 0.15) is 26.7 Å². The molecular formula is C12H18N4S. The fourth-order valence-electron chi connectivity index (χ4n) is 1.94.